The van der Waals surface area contributed by atoms with E-state index in [9.17, 15) is 9.90 Å². The van der Waals surface area contributed by atoms with Gasteiger partial charge in [0.2, 0.25) is 0 Å². The van der Waals surface area contributed by atoms with Gasteiger partial charge in [0.1, 0.15) is 0 Å². The summed E-state index contributed by atoms with van der Waals surface area (Å²) in [5.74, 6) is -0.193. The Bertz CT molecular complexity index is 636. The first-order valence-corrected chi connectivity index (χ1v) is 6.66. The van der Waals surface area contributed by atoms with Crippen LogP contribution in [0.25, 0.3) is 11.4 Å². The average molecular weight is 323 g/mol. The number of nitrogens with zero attached hydrogens (tertiary/aromatic N) is 4. The molecular weight excluding hydrogens is 312 g/mol. The number of hydrogen-bond donors (Lipinski definition) is 1. The van der Waals surface area contributed by atoms with E-state index in [-0.39, 0.29) is 0 Å². The maximum Gasteiger partial charge on any atom is 0.311 e. The average Bonchev–Trinajstić information content (AvgIpc) is 3.03. The van der Waals surface area contributed by atoms with Crippen molar-refractivity contribution >= 4 is 21.9 Å². The molecule has 1 aliphatic carbocycles. The highest BCUT2D eigenvalue weighted by Gasteiger charge is 2.51. The fraction of sp³-hybridized carbons (Fsp3) is 0.333. The predicted molar refractivity (Wildman–Crippen MR) is 70.3 cm³/mol. The molecule has 0 spiro atoms. The molecule has 0 saturated heterocycles. The number of rotatable bonds is 4. The Hall–Kier alpha value is -1.76. The highest BCUT2D eigenvalue weighted by atomic mass is 79.9. The third-order valence-corrected chi connectivity index (χ3v) is 4.10. The van der Waals surface area contributed by atoms with Crippen LogP contribution in [0.15, 0.2) is 28.7 Å². The fourth-order valence-corrected chi connectivity index (χ4v) is 2.49. The molecule has 1 aliphatic rings. The summed E-state index contributed by atoms with van der Waals surface area (Å²) < 4.78 is 2.45. The number of carbonyl (C=O) groups is 1. The highest BCUT2D eigenvalue weighted by Crippen LogP contribution is 2.47. The lowest BCUT2D eigenvalue weighted by molar-refractivity contribution is -0.144. The lowest BCUT2D eigenvalue weighted by atomic mass is 10.1. The van der Waals surface area contributed by atoms with Crippen LogP contribution in [-0.4, -0.2) is 31.3 Å². The van der Waals surface area contributed by atoms with E-state index in [2.05, 4.69) is 31.5 Å². The second kappa shape index (κ2) is 4.41. The molecular formula is C12H11BrN4O2. The molecule has 0 amide bonds. The summed E-state index contributed by atoms with van der Waals surface area (Å²) in [5, 5.41) is 20.8. The molecule has 1 saturated carbocycles. The Balaban J connectivity index is 1.96. The van der Waals surface area contributed by atoms with Crippen molar-refractivity contribution in [1.82, 2.24) is 20.2 Å². The van der Waals surface area contributed by atoms with Gasteiger partial charge in [0.15, 0.2) is 5.82 Å². The van der Waals surface area contributed by atoms with E-state index < -0.39 is 11.4 Å². The van der Waals surface area contributed by atoms with Gasteiger partial charge in [0.25, 0.3) is 0 Å². The van der Waals surface area contributed by atoms with Crippen molar-refractivity contribution in [3.63, 3.8) is 0 Å². The molecule has 0 unspecified atom stereocenters. The molecule has 7 heteroatoms. The molecule has 98 valence electrons. The molecule has 2 aromatic rings. The Kier molecular flexibility index (Phi) is 2.85. The lowest BCUT2D eigenvalue weighted by Gasteiger charge is -2.11. The van der Waals surface area contributed by atoms with Gasteiger partial charge in [-0.15, -0.1) is 5.10 Å². The molecule has 0 bridgehead atoms. The minimum absolute atomic E-state index is 0.312. The van der Waals surface area contributed by atoms with E-state index in [1.54, 1.807) is 4.68 Å². The molecule has 0 atom stereocenters. The van der Waals surface area contributed by atoms with Crippen molar-refractivity contribution < 1.29 is 9.90 Å². The fourth-order valence-electron chi connectivity index (χ4n) is 2.02. The quantitative estimate of drug-likeness (QED) is 0.930. The zero-order valence-electron chi connectivity index (χ0n) is 9.95. The molecule has 6 nitrogen and oxygen atoms in total. The molecule has 1 N–H and O–H groups in total. The summed E-state index contributed by atoms with van der Waals surface area (Å²) >= 11 is 3.45. The SMILES string of the molecule is O=C(O)C1(Cn2nnnc2-c2ccccc2Br)CC1. The van der Waals surface area contributed by atoms with Crippen molar-refractivity contribution in [3.8, 4) is 11.4 Å². The molecule has 0 radical (unpaired) electrons. The van der Waals surface area contributed by atoms with Crippen LogP contribution in [0.4, 0.5) is 0 Å². The number of benzene rings is 1. The minimum Gasteiger partial charge on any atom is -0.481 e. The van der Waals surface area contributed by atoms with Crippen molar-refractivity contribution in [3.05, 3.63) is 28.7 Å². The Labute approximate surface area is 117 Å². The van der Waals surface area contributed by atoms with Crippen LogP contribution in [0.1, 0.15) is 12.8 Å². The van der Waals surface area contributed by atoms with Crippen molar-refractivity contribution in [2.75, 3.05) is 0 Å². The van der Waals surface area contributed by atoms with Gasteiger partial charge in [-0.05, 0) is 35.4 Å². The standard InChI is InChI=1S/C12H11BrN4O2/c13-9-4-2-1-3-8(9)10-14-15-16-17(10)7-12(5-6-12)11(18)19/h1-4H,5-7H2,(H,18,19). The van der Waals surface area contributed by atoms with Crippen LogP contribution in [0.2, 0.25) is 0 Å². The second-order valence-corrected chi connectivity index (χ2v) is 5.58. The van der Waals surface area contributed by atoms with Gasteiger partial charge in [-0.2, -0.15) is 0 Å². The van der Waals surface area contributed by atoms with E-state index >= 15 is 0 Å². The summed E-state index contributed by atoms with van der Waals surface area (Å²) in [6, 6.07) is 7.59. The van der Waals surface area contributed by atoms with Crippen molar-refractivity contribution in [2.45, 2.75) is 19.4 Å². The zero-order chi connectivity index (χ0) is 13.5. The third-order valence-electron chi connectivity index (χ3n) is 3.41. The summed E-state index contributed by atoms with van der Waals surface area (Å²) in [6.45, 7) is 0.312. The smallest absolute Gasteiger partial charge is 0.311 e. The monoisotopic (exact) mass is 322 g/mol. The second-order valence-electron chi connectivity index (χ2n) is 4.73. The first-order valence-electron chi connectivity index (χ1n) is 5.87. The first-order chi connectivity index (χ1) is 9.12. The normalized spacial score (nSPS) is 16.3. The number of aromatic nitrogens is 4. The van der Waals surface area contributed by atoms with E-state index in [4.69, 9.17) is 0 Å². The van der Waals surface area contributed by atoms with E-state index in [0.29, 0.717) is 25.2 Å². The first kappa shape index (κ1) is 12.3. The third kappa shape index (κ3) is 2.14. The Morgan fingerprint density at radius 1 is 1.42 bits per heavy atom. The van der Waals surface area contributed by atoms with Crippen LogP contribution in [-0.2, 0) is 11.3 Å². The number of aliphatic carboxylic acids is 1. The maximum absolute atomic E-state index is 11.2. The van der Waals surface area contributed by atoms with Crippen molar-refractivity contribution in [1.29, 1.82) is 0 Å². The summed E-state index contributed by atoms with van der Waals surface area (Å²) in [6.07, 6.45) is 1.36. The molecule has 0 aliphatic heterocycles. The predicted octanol–water partition coefficient (Wildman–Crippen LogP) is 1.97. The highest BCUT2D eigenvalue weighted by molar-refractivity contribution is 9.10. The number of hydrogen-bond acceptors (Lipinski definition) is 4. The van der Waals surface area contributed by atoms with Crippen LogP contribution >= 0.6 is 15.9 Å². The van der Waals surface area contributed by atoms with Gasteiger partial charge < -0.3 is 5.11 Å². The van der Waals surface area contributed by atoms with E-state index in [1.807, 2.05) is 24.3 Å². The number of carboxylic acid groups (broad SMARTS) is 1. The molecule has 1 heterocycles. The summed E-state index contributed by atoms with van der Waals surface area (Å²) in [4.78, 5) is 11.2. The van der Waals surface area contributed by atoms with Gasteiger partial charge in [-0.3, -0.25) is 4.79 Å². The van der Waals surface area contributed by atoms with Gasteiger partial charge >= 0.3 is 5.97 Å². The number of halogens is 1. The Morgan fingerprint density at radius 2 is 2.16 bits per heavy atom. The molecule has 19 heavy (non-hydrogen) atoms. The summed E-state index contributed by atoms with van der Waals surface area (Å²) in [5.41, 5.74) is 0.166. The number of carboxylic acids is 1. The Morgan fingerprint density at radius 3 is 2.79 bits per heavy atom. The van der Waals surface area contributed by atoms with Crippen LogP contribution in [0, 0.1) is 5.41 Å². The van der Waals surface area contributed by atoms with Gasteiger partial charge in [-0.1, -0.05) is 28.1 Å². The van der Waals surface area contributed by atoms with E-state index in [0.717, 1.165) is 10.0 Å². The van der Waals surface area contributed by atoms with Gasteiger partial charge in [0, 0.05) is 10.0 Å². The van der Waals surface area contributed by atoms with Crippen LogP contribution in [0.5, 0.6) is 0 Å². The van der Waals surface area contributed by atoms with Crippen LogP contribution < -0.4 is 0 Å². The molecule has 3 rings (SSSR count). The lowest BCUT2D eigenvalue weighted by Crippen LogP contribution is -2.22. The van der Waals surface area contributed by atoms with Crippen molar-refractivity contribution in [2.24, 2.45) is 5.41 Å². The molecule has 1 aromatic heterocycles. The number of tetrazole rings is 1. The zero-order valence-corrected chi connectivity index (χ0v) is 11.5. The van der Waals surface area contributed by atoms with Crippen LogP contribution in [0.3, 0.4) is 0 Å². The van der Waals surface area contributed by atoms with Gasteiger partial charge in [0.05, 0.1) is 12.0 Å². The van der Waals surface area contributed by atoms with Gasteiger partial charge in [-0.25, -0.2) is 4.68 Å². The topological polar surface area (TPSA) is 80.9 Å². The largest absolute Gasteiger partial charge is 0.481 e. The maximum atomic E-state index is 11.2. The van der Waals surface area contributed by atoms with E-state index in [1.165, 1.54) is 0 Å². The minimum atomic E-state index is -0.777. The molecule has 1 fully saturated rings. The summed E-state index contributed by atoms with van der Waals surface area (Å²) in [7, 11) is 0. The molecule has 1 aromatic carbocycles.